The first-order valence-corrected chi connectivity index (χ1v) is 9.88. The van der Waals surface area contributed by atoms with Gasteiger partial charge in [0.25, 0.3) is 6.01 Å². The predicted octanol–water partition coefficient (Wildman–Crippen LogP) is 4.95. The van der Waals surface area contributed by atoms with E-state index in [0.29, 0.717) is 35.4 Å². The number of benzene rings is 2. The van der Waals surface area contributed by atoms with Gasteiger partial charge in [-0.25, -0.2) is 9.18 Å². The summed E-state index contributed by atoms with van der Waals surface area (Å²) in [6.07, 6.45) is 0.248. The number of carbonyl (C=O) groups excluding carboxylic acids is 2. The molecule has 0 radical (unpaired) electrons. The highest BCUT2D eigenvalue weighted by Crippen LogP contribution is 2.23. The first-order valence-electron chi connectivity index (χ1n) is 9.88. The molecule has 164 valence electrons. The Morgan fingerprint density at radius 3 is 2.52 bits per heavy atom. The number of carbonyl (C=O) groups is 2. The van der Waals surface area contributed by atoms with E-state index >= 15 is 0 Å². The number of halogens is 1. The van der Waals surface area contributed by atoms with Crippen LogP contribution in [0.5, 0.6) is 0 Å². The fourth-order valence-electron chi connectivity index (χ4n) is 2.69. The molecule has 3 N–H and O–H groups in total. The van der Waals surface area contributed by atoms with E-state index in [4.69, 9.17) is 9.15 Å². The van der Waals surface area contributed by atoms with Crippen molar-refractivity contribution in [2.45, 2.75) is 39.2 Å². The van der Waals surface area contributed by atoms with Crippen LogP contribution in [-0.4, -0.2) is 29.1 Å². The molecule has 2 amide bonds. The average Bonchev–Trinajstić information content (AvgIpc) is 3.07. The van der Waals surface area contributed by atoms with Crippen LogP contribution in [0.2, 0.25) is 0 Å². The Labute approximate surface area is 179 Å². The van der Waals surface area contributed by atoms with E-state index in [-0.39, 0.29) is 24.2 Å². The average molecular weight is 428 g/mol. The van der Waals surface area contributed by atoms with Gasteiger partial charge in [-0.2, -0.15) is 4.98 Å². The molecule has 0 fully saturated rings. The number of oxazole rings is 1. The summed E-state index contributed by atoms with van der Waals surface area (Å²) in [5.41, 5.74) is 1.68. The van der Waals surface area contributed by atoms with Crippen LogP contribution in [0, 0.1) is 5.82 Å². The quantitative estimate of drug-likeness (QED) is 0.460. The topological polar surface area (TPSA) is 105 Å². The summed E-state index contributed by atoms with van der Waals surface area (Å²) in [5, 5.41) is 8.41. The summed E-state index contributed by atoms with van der Waals surface area (Å²) in [5.74, 6) is -0.541. The monoisotopic (exact) mass is 428 g/mol. The van der Waals surface area contributed by atoms with Gasteiger partial charge < -0.3 is 25.1 Å². The zero-order chi connectivity index (χ0) is 22.4. The molecule has 31 heavy (non-hydrogen) atoms. The van der Waals surface area contributed by atoms with Gasteiger partial charge in [0, 0.05) is 30.4 Å². The second-order valence-corrected chi connectivity index (χ2v) is 7.91. The Morgan fingerprint density at radius 1 is 1.10 bits per heavy atom. The van der Waals surface area contributed by atoms with Crippen molar-refractivity contribution in [1.29, 1.82) is 0 Å². The highest BCUT2D eigenvalue weighted by molar-refractivity contribution is 5.91. The first-order chi connectivity index (χ1) is 14.7. The third-order valence-corrected chi connectivity index (χ3v) is 4.02. The van der Waals surface area contributed by atoms with Crippen LogP contribution in [0.15, 0.2) is 46.9 Å². The molecule has 0 aliphatic rings. The zero-order valence-corrected chi connectivity index (χ0v) is 17.6. The molecule has 0 spiro atoms. The maximum absolute atomic E-state index is 13.3. The van der Waals surface area contributed by atoms with E-state index in [2.05, 4.69) is 20.9 Å². The highest BCUT2D eigenvalue weighted by atomic mass is 19.1. The zero-order valence-electron chi connectivity index (χ0n) is 17.6. The molecule has 0 aliphatic carbocycles. The van der Waals surface area contributed by atoms with Gasteiger partial charge >= 0.3 is 6.09 Å². The van der Waals surface area contributed by atoms with E-state index in [9.17, 15) is 14.0 Å². The summed E-state index contributed by atoms with van der Waals surface area (Å²) >= 11 is 0. The minimum Gasteiger partial charge on any atom is -0.444 e. The SMILES string of the molecule is CC(C)(C)OC(=O)NCCCC(=O)Nc1ccc(Nc2nc3cc(F)ccc3o2)cc1. The van der Waals surface area contributed by atoms with Crippen LogP contribution in [0.3, 0.4) is 0 Å². The molecule has 3 aromatic rings. The Bertz CT molecular complexity index is 1060. The molecule has 0 saturated heterocycles. The van der Waals surface area contributed by atoms with Gasteiger partial charge in [0.2, 0.25) is 5.91 Å². The second-order valence-electron chi connectivity index (χ2n) is 7.91. The Balaban J connectivity index is 1.43. The van der Waals surface area contributed by atoms with E-state index in [1.807, 2.05) is 0 Å². The van der Waals surface area contributed by atoms with E-state index in [1.165, 1.54) is 18.2 Å². The highest BCUT2D eigenvalue weighted by Gasteiger charge is 2.15. The van der Waals surface area contributed by atoms with Crippen molar-refractivity contribution in [1.82, 2.24) is 10.3 Å². The van der Waals surface area contributed by atoms with Crippen molar-refractivity contribution in [2.24, 2.45) is 0 Å². The summed E-state index contributed by atoms with van der Waals surface area (Å²) in [6, 6.07) is 11.4. The molecule has 1 heterocycles. The van der Waals surface area contributed by atoms with E-state index in [1.54, 1.807) is 45.0 Å². The molecule has 2 aromatic carbocycles. The summed E-state index contributed by atoms with van der Waals surface area (Å²) < 4.78 is 23.9. The van der Waals surface area contributed by atoms with Gasteiger partial charge in [0.05, 0.1) is 0 Å². The van der Waals surface area contributed by atoms with Crippen molar-refractivity contribution in [3.8, 4) is 0 Å². The lowest BCUT2D eigenvalue weighted by Crippen LogP contribution is -2.33. The Kier molecular flexibility index (Phi) is 6.74. The van der Waals surface area contributed by atoms with Crippen LogP contribution in [0.25, 0.3) is 11.1 Å². The minimum atomic E-state index is -0.555. The Morgan fingerprint density at radius 2 is 1.81 bits per heavy atom. The lowest BCUT2D eigenvalue weighted by atomic mass is 10.2. The molecule has 3 rings (SSSR count). The molecule has 0 unspecified atom stereocenters. The lowest BCUT2D eigenvalue weighted by molar-refractivity contribution is -0.116. The van der Waals surface area contributed by atoms with Crippen LogP contribution >= 0.6 is 0 Å². The maximum atomic E-state index is 13.3. The lowest BCUT2D eigenvalue weighted by Gasteiger charge is -2.19. The van der Waals surface area contributed by atoms with Crippen molar-refractivity contribution in [3.05, 3.63) is 48.3 Å². The third-order valence-electron chi connectivity index (χ3n) is 4.02. The van der Waals surface area contributed by atoms with Crippen molar-refractivity contribution < 1.29 is 23.1 Å². The van der Waals surface area contributed by atoms with Gasteiger partial charge in [-0.05, 0) is 63.6 Å². The predicted molar refractivity (Wildman–Crippen MR) is 116 cm³/mol. The number of alkyl carbamates (subject to hydrolysis) is 1. The number of aromatic nitrogens is 1. The fourth-order valence-corrected chi connectivity index (χ4v) is 2.69. The Hall–Kier alpha value is -3.62. The number of hydrogen-bond acceptors (Lipinski definition) is 6. The second kappa shape index (κ2) is 9.46. The maximum Gasteiger partial charge on any atom is 0.407 e. The van der Waals surface area contributed by atoms with E-state index in [0.717, 1.165) is 0 Å². The standard InChI is InChI=1S/C22H25FN4O4/c1-22(2,3)31-21(29)24-12-4-5-19(28)25-15-7-9-16(10-8-15)26-20-27-17-13-14(23)6-11-18(17)30-20/h6-11,13H,4-5,12H2,1-3H3,(H,24,29)(H,25,28)(H,26,27). The van der Waals surface area contributed by atoms with Gasteiger partial charge in [-0.3, -0.25) is 4.79 Å². The number of ether oxygens (including phenoxy) is 1. The number of amides is 2. The molecule has 0 aliphatic heterocycles. The molecule has 0 saturated carbocycles. The van der Waals surface area contributed by atoms with E-state index < -0.39 is 11.7 Å². The molecule has 1 aromatic heterocycles. The molecular formula is C22H25FN4O4. The smallest absolute Gasteiger partial charge is 0.407 e. The largest absolute Gasteiger partial charge is 0.444 e. The van der Waals surface area contributed by atoms with Gasteiger partial charge in [-0.15, -0.1) is 0 Å². The van der Waals surface area contributed by atoms with Crippen molar-refractivity contribution in [2.75, 3.05) is 17.2 Å². The van der Waals surface area contributed by atoms with Crippen LogP contribution in [0.4, 0.5) is 26.6 Å². The number of nitrogens with zero attached hydrogens (tertiary/aromatic N) is 1. The summed E-state index contributed by atoms with van der Waals surface area (Å²) in [7, 11) is 0. The van der Waals surface area contributed by atoms with Crippen LogP contribution < -0.4 is 16.0 Å². The molecule has 8 nitrogen and oxygen atoms in total. The number of rotatable bonds is 7. The fraction of sp³-hybridized carbons (Fsp3) is 0.318. The molecule has 9 heteroatoms. The molecule has 0 bridgehead atoms. The van der Waals surface area contributed by atoms with Gasteiger partial charge in [-0.1, -0.05) is 0 Å². The molecule has 0 atom stereocenters. The number of nitrogens with one attached hydrogen (secondary N) is 3. The summed E-state index contributed by atoms with van der Waals surface area (Å²) in [6.45, 7) is 5.71. The number of hydrogen-bond donors (Lipinski definition) is 3. The van der Waals surface area contributed by atoms with Crippen molar-refractivity contribution in [3.63, 3.8) is 0 Å². The number of fused-ring (bicyclic) bond motifs is 1. The molecular weight excluding hydrogens is 403 g/mol. The van der Waals surface area contributed by atoms with Crippen LogP contribution in [-0.2, 0) is 9.53 Å². The first kappa shape index (κ1) is 22.1. The minimum absolute atomic E-state index is 0.160. The third kappa shape index (κ3) is 6.98. The van der Waals surface area contributed by atoms with Gasteiger partial charge in [0.1, 0.15) is 16.9 Å². The van der Waals surface area contributed by atoms with Gasteiger partial charge in [0.15, 0.2) is 5.58 Å². The van der Waals surface area contributed by atoms with Crippen LogP contribution in [0.1, 0.15) is 33.6 Å². The normalized spacial score (nSPS) is 11.2. The van der Waals surface area contributed by atoms with Crippen molar-refractivity contribution >= 4 is 40.5 Å². The summed E-state index contributed by atoms with van der Waals surface area (Å²) in [4.78, 5) is 27.8. The number of anilines is 3.